The molecule has 0 nitrogen and oxygen atoms in total. The van der Waals surface area contributed by atoms with Gasteiger partial charge in [-0.3, -0.25) is 0 Å². The van der Waals surface area contributed by atoms with Crippen molar-refractivity contribution < 1.29 is 0 Å². The predicted molar refractivity (Wildman–Crippen MR) is 51.0 cm³/mol. The van der Waals surface area contributed by atoms with E-state index in [4.69, 9.17) is 0 Å². The molecule has 0 saturated heterocycles. The third kappa shape index (κ3) is 2.54. The van der Waals surface area contributed by atoms with E-state index in [0.29, 0.717) is 0 Å². The Hall–Kier alpha value is 0.895. The molecule has 9 heavy (non-hydrogen) atoms. The van der Waals surface area contributed by atoms with Crippen LogP contribution < -0.4 is 13.1 Å². The maximum absolute atomic E-state index is 2.25. The van der Waals surface area contributed by atoms with Crippen LogP contribution in [0, 0.1) is 0 Å². The molecule has 3 atom stereocenters. The van der Waals surface area contributed by atoms with Crippen LogP contribution in [0.1, 0.15) is 0 Å². The first-order valence-electron chi connectivity index (χ1n) is 2.60. The van der Waals surface area contributed by atoms with Gasteiger partial charge in [-0.2, -0.15) is 0 Å². The van der Waals surface area contributed by atoms with E-state index >= 15 is 0 Å². The first-order chi connectivity index (χ1) is 4.18. The van der Waals surface area contributed by atoms with Gasteiger partial charge in [0.05, 0.1) is 0 Å². The summed E-state index contributed by atoms with van der Waals surface area (Å²) >= 11 is 5.15. The van der Waals surface area contributed by atoms with E-state index in [-0.39, 0.29) is 0 Å². The van der Waals surface area contributed by atoms with E-state index in [9.17, 15) is 0 Å². The molecule has 0 bridgehead atoms. The van der Waals surface area contributed by atoms with Crippen LogP contribution in [0.5, 0.6) is 0 Å². The van der Waals surface area contributed by atoms with Gasteiger partial charge in [0.15, 0.2) is 0 Å². The van der Waals surface area contributed by atoms with Gasteiger partial charge in [0.2, 0.25) is 0 Å². The second kappa shape index (κ2) is 3.33. The van der Waals surface area contributed by atoms with Gasteiger partial charge in [-0.05, 0) is 0 Å². The van der Waals surface area contributed by atoms with E-state index in [1.807, 2.05) is 0 Å². The molecule has 0 heterocycles. The van der Waals surface area contributed by atoms with E-state index in [0.717, 1.165) is 0 Å². The predicted octanol–water partition coefficient (Wildman–Crippen LogP) is -3.54. The summed E-state index contributed by atoms with van der Waals surface area (Å²) in [6.45, 7) is 0. The van der Waals surface area contributed by atoms with Crippen molar-refractivity contribution in [2.75, 3.05) is 0 Å². The zero-order valence-corrected chi connectivity index (χ0v) is 12.2. The Labute approximate surface area is 81.3 Å². The molecule has 0 aliphatic carbocycles. The van der Waals surface area contributed by atoms with Crippen LogP contribution in [0.15, 0.2) is 18.2 Å². The second-order valence-corrected chi connectivity index (χ2v) is 6.13. The molecule has 3 unspecified atom stereocenters. The van der Waals surface area contributed by atoms with Crippen molar-refractivity contribution in [2.45, 2.75) is 0 Å². The molecule has 0 aliphatic heterocycles. The Balaban J connectivity index is 3.17. The molecule has 1 aromatic carbocycles. The van der Waals surface area contributed by atoms with Crippen LogP contribution in [-0.2, 0) is 0 Å². The van der Waals surface area contributed by atoms with Crippen molar-refractivity contribution in [3.05, 3.63) is 18.2 Å². The molecule has 0 aromatic heterocycles. The summed E-state index contributed by atoms with van der Waals surface area (Å²) in [5.41, 5.74) is 0. The summed E-state index contributed by atoms with van der Waals surface area (Å²) in [5, 5.41) is 0. The summed E-state index contributed by atoms with van der Waals surface area (Å²) in [4.78, 5) is 0. The normalized spacial score (nSPS) is 9.67. The average molecular weight is 306 g/mol. The molecule has 3 heteroatoms. The molecule has 0 radical (unpaired) electrons. The Morgan fingerprint density at radius 1 is 0.667 bits per heavy atom. The van der Waals surface area contributed by atoms with E-state index in [1.54, 1.807) is 50.6 Å². The van der Waals surface area contributed by atoms with Crippen molar-refractivity contribution >= 4 is 63.6 Å². The SMILES string of the molecule is [AsH2]c1cc([AsH2])cc([AsH2])c1. The molecule has 1 rings (SSSR count). The number of benzene rings is 1. The maximum atomic E-state index is 2.25. The number of hydrogen-bond acceptors (Lipinski definition) is 0. The van der Waals surface area contributed by atoms with E-state index < -0.39 is 0 Å². The van der Waals surface area contributed by atoms with Gasteiger partial charge in [-0.1, -0.05) is 0 Å². The van der Waals surface area contributed by atoms with Crippen molar-refractivity contribution in [3.8, 4) is 0 Å². The van der Waals surface area contributed by atoms with Crippen LogP contribution in [0.4, 0.5) is 0 Å². The first kappa shape index (κ1) is 8.00. The van der Waals surface area contributed by atoms with Crippen LogP contribution in [0.3, 0.4) is 0 Å². The zero-order valence-electron chi connectivity index (χ0n) is 4.96. The quantitative estimate of drug-likeness (QED) is 0.436. The molecule has 48 valence electrons. The van der Waals surface area contributed by atoms with Crippen LogP contribution in [0.2, 0.25) is 0 Å². The molecule has 0 saturated carbocycles. The third-order valence-electron chi connectivity index (χ3n) is 1.00. The summed E-state index contributed by atoms with van der Waals surface area (Å²) in [6.07, 6.45) is 0. The molecule has 0 aliphatic rings. The fourth-order valence-electron chi connectivity index (χ4n) is 0.702. The van der Waals surface area contributed by atoms with Gasteiger partial charge in [-0.25, -0.2) is 0 Å². The Morgan fingerprint density at radius 3 is 1.11 bits per heavy atom. The standard InChI is InChI=1S/C6H9As3/c7-4-1-5(8)3-6(9)2-4/h1-3H,7-9H2. The Kier molecular flexibility index (Phi) is 2.96. The Morgan fingerprint density at radius 2 is 0.889 bits per heavy atom. The summed E-state index contributed by atoms with van der Waals surface area (Å²) < 4.78 is 4.34. The zero-order chi connectivity index (χ0) is 6.85. The van der Waals surface area contributed by atoms with Crippen molar-refractivity contribution in [1.29, 1.82) is 0 Å². The van der Waals surface area contributed by atoms with Gasteiger partial charge in [0, 0.05) is 0 Å². The second-order valence-electron chi connectivity index (χ2n) is 1.93. The van der Waals surface area contributed by atoms with Crippen molar-refractivity contribution in [1.82, 2.24) is 0 Å². The molecule has 1 aromatic rings. The first-order valence-corrected chi connectivity index (χ1v) is 6.23. The molecular weight excluding hydrogens is 297 g/mol. The van der Waals surface area contributed by atoms with Gasteiger partial charge < -0.3 is 0 Å². The van der Waals surface area contributed by atoms with Crippen LogP contribution >= 0.6 is 0 Å². The van der Waals surface area contributed by atoms with Crippen molar-refractivity contribution in [3.63, 3.8) is 0 Å². The number of rotatable bonds is 0. The minimum atomic E-state index is 1.45. The van der Waals surface area contributed by atoms with Crippen LogP contribution in [-0.4, -0.2) is 50.6 Å². The molecular formula is C6H9As3. The third-order valence-corrected chi connectivity index (χ3v) is 3.10. The van der Waals surface area contributed by atoms with Crippen molar-refractivity contribution in [2.24, 2.45) is 0 Å². The topological polar surface area (TPSA) is 0 Å². The van der Waals surface area contributed by atoms with Gasteiger partial charge in [-0.15, -0.1) is 0 Å². The van der Waals surface area contributed by atoms with E-state index in [2.05, 4.69) is 18.2 Å². The van der Waals surface area contributed by atoms with Gasteiger partial charge >= 0.3 is 81.8 Å². The fraction of sp³-hybridized carbons (Fsp3) is 0. The number of hydrogen-bond donors (Lipinski definition) is 0. The fourth-order valence-corrected chi connectivity index (χ4v) is 5.67. The summed E-state index contributed by atoms with van der Waals surface area (Å²) in [6, 6.07) is 6.76. The summed E-state index contributed by atoms with van der Waals surface area (Å²) in [7, 11) is 0. The summed E-state index contributed by atoms with van der Waals surface area (Å²) in [5.74, 6) is 0. The van der Waals surface area contributed by atoms with Crippen LogP contribution in [0.25, 0.3) is 0 Å². The molecule has 0 amide bonds. The average Bonchev–Trinajstić information content (AvgIpc) is 1.59. The monoisotopic (exact) mass is 306 g/mol. The molecule has 0 fully saturated rings. The van der Waals surface area contributed by atoms with Gasteiger partial charge in [0.25, 0.3) is 0 Å². The Bertz CT molecular complexity index is 169. The molecule has 0 spiro atoms. The van der Waals surface area contributed by atoms with Gasteiger partial charge in [0.1, 0.15) is 0 Å². The minimum absolute atomic E-state index is 1.45. The molecule has 0 N–H and O–H groups in total. The van der Waals surface area contributed by atoms with E-state index in [1.165, 1.54) is 13.1 Å².